The van der Waals surface area contributed by atoms with E-state index in [0.717, 1.165) is 28.7 Å². The van der Waals surface area contributed by atoms with Crippen molar-refractivity contribution in [2.45, 2.75) is 11.7 Å². The average molecular weight is 339 g/mol. The molecule has 1 aliphatic rings. The van der Waals surface area contributed by atoms with Crippen LogP contribution in [0, 0.1) is 5.82 Å². The van der Waals surface area contributed by atoms with E-state index in [2.05, 4.69) is 14.9 Å². The van der Waals surface area contributed by atoms with Gasteiger partial charge >= 0.3 is 0 Å². The van der Waals surface area contributed by atoms with Crippen LogP contribution in [0.15, 0.2) is 59.9 Å². The molecule has 4 rings (SSSR count). The van der Waals surface area contributed by atoms with Gasteiger partial charge in [-0.2, -0.15) is 0 Å². The van der Waals surface area contributed by atoms with Crippen LogP contribution in [0.3, 0.4) is 0 Å². The average Bonchev–Trinajstić information content (AvgIpc) is 3.17. The molecule has 0 saturated heterocycles. The zero-order valence-electron chi connectivity index (χ0n) is 12.7. The zero-order valence-corrected chi connectivity index (χ0v) is 13.5. The summed E-state index contributed by atoms with van der Waals surface area (Å²) in [5.41, 5.74) is 2.56. The molecule has 1 amide bonds. The molecule has 0 unspecified atom stereocenters. The summed E-state index contributed by atoms with van der Waals surface area (Å²) >= 11 is 1.75. The lowest BCUT2D eigenvalue weighted by molar-refractivity contribution is 0.102. The van der Waals surface area contributed by atoms with Crippen molar-refractivity contribution in [2.75, 3.05) is 11.1 Å². The summed E-state index contributed by atoms with van der Waals surface area (Å²) in [5, 5.41) is 3.75. The smallest absolute Gasteiger partial charge is 0.258 e. The van der Waals surface area contributed by atoms with Gasteiger partial charge in [0.1, 0.15) is 5.82 Å². The van der Waals surface area contributed by atoms with Crippen LogP contribution < -0.4 is 5.32 Å². The molecule has 1 aromatic heterocycles. The molecule has 0 bridgehead atoms. The fourth-order valence-corrected chi connectivity index (χ4v) is 3.56. The summed E-state index contributed by atoms with van der Waals surface area (Å²) in [5.74, 6) is 0.0822. The third-order valence-electron chi connectivity index (χ3n) is 3.86. The first-order chi connectivity index (χ1) is 11.7. The number of rotatable bonds is 3. The highest BCUT2D eigenvalue weighted by atomic mass is 32.2. The van der Waals surface area contributed by atoms with Crippen molar-refractivity contribution in [2.24, 2.45) is 0 Å². The molecule has 0 spiro atoms. The van der Waals surface area contributed by atoms with Crippen LogP contribution in [0.2, 0.25) is 0 Å². The number of anilines is 1. The van der Waals surface area contributed by atoms with Crippen LogP contribution in [0.1, 0.15) is 10.4 Å². The number of fused-ring (bicyclic) bond motifs is 1. The molecule has 24 heavy (non-hydrogen) atoms. The molecule has 1 aliphatic heterocycles. The van der Waals surface area contributed by atoms with E-state index in [4.69, 9.17) is 0 Å². The Balaban J connectivity index is 1.51. The molecule has 0 saturated carbocycles. The van der Waals surface area contributed by atoms with Crippen LogP contribution in [0.4, 0.5) is 10.1 Å². The Kier molecular flexibility index (Phi) is 3.82. The quantitative estimate of drug-likeness (QED) is 0.783. The largest absolute Gasteiger partial charge is 0.325 e. The number of carbonyl (C=O) groups is 1. The van der Waals surface area contributed by atoms with Crippen LogP contribution in [-0.2, 0) is 6.54 Å². The molecule has 2 aromatic carbocycles. The van der Waals surface area contributed by atoms with Gasteiger partial charge in [0.05, 0.1) is 11.3 Å². The molecule has 3 aromatic rings. The molecule has 2 heterocycles. The summed E-state index contributed by atoms with van der Waals surface area (Å²) in [7, 11) is 0. The van der Waals surface area contributed by atoms with E-state index >= 15 is 0 Å². The Morgan fingerprint density at radius 1 is 1.17 bits per heavy atom. The first kappa shape index (κ1) is 15.0. The van der Waals surface area contributed by atoms with Gasteiger partial charge in [0.15, 0.2) is 5.16 Å². The molecule has 0 atom stereocenters. The predicted octanol–water partition coefficient (Wildman–Crippen LogP) is 4.05. The van der Waals surface area contributed by atoms with Crippen molar-refractivity contribution in [3.63, 3.8) is 0 Å². The number of aromatic nitrogens is 2. The summed E-state index contributed by atoms with van der Waals surface area (Å²) in [4.78, 5) is 16.7. The molecule has 120 valence electrons. The monoisotopic (exact) mass is 339 g/mol. The fraction of sp³-hybridized carbons (Fsp3) is 0.111. The van der Waals surface area contributed by atoms with Gasteiger partial charge in [-0.25, -0.2) is 9.37 Å². The van der Waals surface area contributed by atoms with Gasteiger partial charge in [-0.1, -0.05) is 36.0 Å². The molecule has 6 heteroatoms. The van der Waals surface area contributed by atoms with Crippen molar-refractivity contribution in [1.29, 1.82) is 0 Å². The minimum Gasteiger partial charge on any atom is -0.325 e. The maximum atomic E-state index is 13.6. The number of amides is 1. The molecule has 0 radical (unpaired) electrons. The predicted molar refractivity (Wildman–Crippen MR) is 92.7 cm³/mol. The highest BCUT2D eigenvalue weighted by molar-refractivity contribution is 7.99. The number of nitrogens with zero attached hydrogens (tertiary/aromatic N) is 2. The number of carbonyl (C=O) groups excluding carboxylic acids is 1. The van der Waals surface area contributed by atoms with E-state index < -0.39 is 11.7 Å². The van der Waals surface area contributed by atoms with E-state index in [0.29, 0.717) is 5.69 Å². The Morgan fingerprint density at radius 2 is 1.96 bits per heavy atom. The number of hydrogen-bond donors (Lipinski definition) is 1. The van der Waals surface area contributed by atoms with Gasteiger partial charge in [-0.15, -0.1) is 0 Å². The summed E-state index contributed by atoms with van der Waals surface area (Å²) in [6, 6.07) is 13.3. The number of aryl methyl sites for hydroxylation is 1. The lowest BCUT2D eigenvalue weighted by atomic mass is 10.1. The topological polar surface area (TPSA) is 46.9 Å². The third-order valence-corrected chi connectivity index (χ3v) is 4.83. The normalized spacial score (nSPS) is 12.9. The lowest BCUT2D eigenvalue weighted by Crippen LogP contribution is -2.13. The highest BCUT2D eigenvalue weighted by Gasteiger charge is 2.15. The second-order valence-electron chi connectivity index (χ2n) is 5.46. The first-order valence-electron chi connectivity index (χ1n) is 7.57. The van der Waals surface area contributed by atoms with Crippen LogP contribution in [-0.4, -0.2) is 21.2 Å². The van der Waals surface area contributed by atoms with Crippen LogP contribution in [0.5, 0.6) is 0 Å². The number of hydrogen-bond acceptors (Lipinski definition) is 3. The number of thioether (sulfide) groups is 1. The fourth-order valence-electron chi connectivity index (χ4n) is 2.62. The maximum Gasteiger partial charge on any atom is 0.258 e. The van der Waals surface area contributed by atoms with E-state index in [1.165, 1.54) is 12.1 Å². The third kappa shape index (κ3) is 2.80. The van der Waals surface area contributed by atoms with Gasteiger partial charge in [0, 0.05) is 29.7 Å². The van der Waals surface area contributed by atoms with E-state index in [-0.39, 0.29) is 5.56 Å². The van der Waals surface area contributed by atoms with E-state index in [1.807, 2.05) is 18.3 Å². The van der Waals surface area contributed by atoms with Crippen molar-refractivity contribution in [3.05, 3.63) is 66.1 Å². The van der Waals surface area contributed by atoms with Crippen LogP contribution >= 0.6 is 11.8 Å². The minimum atomic E-state index is -0.531. The van der Waals surface area contributed by atoms with Gasteiger partial charge in [-0.3, -0.25) is 4.79 Å². The molecular weight excluding hydrogens is 325 g/mol. The van der Waals surface area contributed by atoms with E-state index in [9.17, 15) is 9.18 Å². The molecular formula is C18H14FN3OS. The molecule has 0 fully saturated rings. The Labute approximate surface area is 142 Å². The summed E-state index contributed by atoms with van der Waals surface area (Å²) in [6.07, 6.45) is 2.04. The van der Waals surface area contributed by atoms with E-state index in [1.54, 1.807) is 36.0 Å². The van der Waals surface area contributed by atoms with Gasteiger partial charge < -0.3 is 9.88 Å². The van der Waals surface area contributed by atoms with Crippen molar-refractivity contribution >= 4 is 23.4 Å². The molecule has 4 nitrogen and oxygen atoms in total. The lowest BCUT2D eigenvalue weighted by Gasteiger charge is -2.06. The van der Waals surface area contributed by atoms with Crippen molar-refractivity contribution in [3.8, 4) is 11.3 Å². The minimum absolute atomic E-state index is 0.0316. The molecule has 1 N–H and O–H groups in total. The standard InChI is InChI=1S/C18H14FN3OS/c19-15-4-2-1-3-14(15)17(23)20-13-7-5-12(6-8-13)16-11-22-9-10-24-18(22)21-16/h1-8,11H,9-10H2,(H,20,23). The number of halogens is 1. The number of benzene rings is 2. The second-order valence-corrected chi connectivity index (χ2v) is 6.52. The van der Waals surface area contributed by atoms with Crippen molar-refractivity contribution < 1.29 is 9.18 Å². The van der Waals surface area contributed by atoms with Gasteiger partial charge in [-0.05, 0) is 24.3 Å². The van der Waals surface area contributed by atoms with Gasteiger partial charge in [0.25, 0.3) is 5.91 Å². The number of imidazole rings is 1. The Bertz CT molecular complexity index is 883. The maximum absolute atomic E-state index is 13.6. The van der Waals surface area contributed by atoms with Gasteiger partial charge in [0.2, 0.25) is 0 Å². The SMILES string of the molecule is O=C(Nc1ccc(-c2cn3c(n2)SCC3)cc1)c1ccccc1F. The Morgan fingerprint density at radius 3 is 2.71 bits per heavy atom. The molecule has 0 aliphatic carbocycles. The Hall–Kier alpha value is -2.60. The van der Waals surface area contributed by atoms with Crippen molar-refractivity contribution in [1.82, 2.24) is 9.55 Å². The van der Waals surface area contributed by atoms with Crippen LogP contribution in [0.25, 0.3) is 11.3 Å². The zero-order chi connectivity index (χ0) is 16.5. The second kappa shape index (κ2) is 6.13. The number of nitrogens with one attached hydrogen (secondary N) is 1. The first-order valence-corrected chi connectivity index (χ1v) is 8.55. The highest BCUT2D eigenvalue weighted by Crippen LogP contribution is 2.29. The summed E-state index contributed by atoms with van der Waals surface area (Å²) < 4.78 is 15.8. The summed E-state index contributed by atoms with van der Waals surface area (Å²) in [6.45, 7) is 0.990.